The van der Waals surface area contributed by atoms with Gasteiger partial charge in [-0.3, -0.25) is 4.79 Å². The van der Waals surface area contributed by atoms with Crippen molar-refractivity contribution in [2.24, 2.45) is 5.92 Å². The van der Waals surface area contributed by atoms with Gasteiger partial charge in [0.05, 0.1) is 12.6 Å². The predicted octanol–water partition coefficient (Wildman–Crippen LogP) is 2.86. The van der Waals surface area contributed by atoms with Crippen molar-refractivity contribution in [1.29, 1.82) is 0 Å². The third-order valence-electron chi connectivity index (χ3n) is 3.73. The number of likely N-dealkylation sites (N-methyl/N-ethyl adjacent to an activating group) is 1. The fourth-order valence-corrected chi connectivity index (χ4v) is 2.14. The molecule has 1 atom stereocenters. The first-order valence-electron chi connectivity index (χ1n) is 6.79. The van der Waals surface area contributed by atoms with Gasteiger partial charge in [0.2, 0.25) is 5.91 Å². The van der Waals surface area contributed by atoms with Crippen molar-refractivity contribution in [1.82, 2.24) is 10.2 Å². The van der Waals surface area contributed by atoms with E-state index in [1.54, 1.807) is 4.90 Å². The summed E-state index contributed by atoms with van der Waals surface area (Å²) in [7, 11) is 1.85. The highest BCUT2D eigenvalue weighted by Gasteiger charge is 2.22. The second kappa shape index (κ2) is 6.40. The van der Waals surface area contributed by atoms with Crippen molar-refractivity contribution in [2.45, 2.75) is 25.8 Å². The number of hydrogen-bond donors (Lipinski definition) is 1. The van der Waals surface area contributed by atoms with Gasteiger partial charge in [-0.1, -0.05) is 23.7 Å². The summed E-state index contributed by atoms with van der Waals surface area (Å²) in [6, 6.07) is 7.71. The number of nitrogens with zero attached hydrogens (tertiary/aromatic N) is 1. The lowest BCUT2D eigenvalue weighted by atomic mass is 10.1. The number of amides is 1. The van der Waals surface area contributed by atoms with E-state index in [1.165, 1.54) is 12.8 Å². The summed E-state index contributed by atoms with van der Waals surface area (Å²) in [4.78, 5) is 13.8. The molecule has 0 radical (unpaired) electrons. The molecule has 1 amide bonds. The van der Waals surface area contributed by atoms with Gasteiger partial charge in [0.1, 0.15) is 0 Å². The molecule has 19 heavy (non-hydrogen) atoms. The fourth-order valence-electron chi connectivity index (χ4n) is 2.01. The van der Waals surface area contributed by atoms with Gasteiger partial charge in [-0.05, 0) is 49.9 Å². The molecule has 104 valence electrons. The summed E-state index contributed by atoms with van der Waals surface area (Å²) in [6.07, 6.45) is 2.61. The highest BCUT2D eigenvalue weighted by atomic mass is 35.5. The lowest BCUT2D eigenvalue weighted by Gasteiger charge is -2.25. The maximum Gasteiger partial charge on any atom is 0.236 e. The second-order valence-electron chi connectivity index (χ2n) is 5.31. The normalized spacial score (nSPS) is 16.2. The van der Waals surface area contributed by atoms with Gasteiger partial charge in [-0.15, -0.1) is 0 Å². The van der Waals surface area contributed by atoms with Gasteiger partial charge in [-0.25, -0.2) is 0 Å². The molecule has 0 aromatic heterocycles. The molecule has 1 aromatic rings. The molecule has 2 rings (SSSR count). The van der Waals surface area contributed by atoms with Crippen LogP contribution in [-0.4, -0.2) is 30.9 Å². The van der Waals surface area contributed by atoms with Crippen LogP contribution in [0.2, 0.25) is 5.02 Å². The molecule has 1 aromatic carbocycles. The Balaban J connectivity index is 1.84. The van der Waals surface area contributed by atoms with E-state index in [0.29, 0.717) is 6.54 Å². The first kappa shape index (κ1) is 14.4. The van der Waals surface area contributed by atoms with Crippen molar-refractivity contribution in [3.05, 3.63) is 34.9 Å². The molecule has 1 N–H and O–H groups in total. The highest BCUT2D eigenvalue weighted by Crippen LogP contribution is 2.27. The van der Waals surface area contributed by atoms with Gasteiger partial charge in [0.25, 0.3) is 0 Å². The van der Waals surface area contributed by atoms with Crippen molar-refractivity contribution < 1.29 is 4.79 Å². The zero-order chi connectivity index (χ0) is 13.8. The fraction of sp³-hybridized carbons (Fsp3) is 0.533. The molecule has 1 fully saturated rings. The maximum absolute atomic E-state index is 12.1. The molecule has 0 aliphatic heterocycles. The summed E-state index contributed by atoms with van der Waals surface area (Å²) < 4.78 is 0. The van der Waals surface area contributed by atoms with E-state index in [1.807, 2.05) is 38.2 Å². The van der Waals surface area contributed by atoms with E-state index in [-0.39, 0.29) is 11.9 Å². The zero-order valence-corrected chi connectivity index (χ0v) is 12.3. The van der Waals surface area contributed by atoms with Crippen LogP contribution in [0.15, 0.2) is 24.3 Å². The van der Waals surface area contributed by atoms with Crippen LogP contribution < -0.4 is 5.32 Å². The molecule has 0 heterocycles. The highest BCUT2D eigenvalue weighted by molar-refractivity contribution is 6.30. The van der Waals surface area contributed by atoms with Gasteiger partial charge in [-0.2, -0.15) is 0 Å². The molecule has 1 saturated carbocycles. The quantitative estimate of drug-likeness (QED) is 0.869. The van der Waals surface area contributed by atoms with E-state index in [0.717, 1.165) is 23.0 Å². The molecule has 0 spiro atoms. The third kappa shape index (κ3) is 4.22. The van der Waals surface area contributed by atoms with Crippen molar-refractivity contribution in [3.63, 3.8) is 0 Å². The average Bonchev–Trinajstić information content (AvgIpc) is 3.22. The van der Waals surface area contributed by atoms with Crippen LogP contribution in [0.25, 0.3) is 0 Å². The topological polar surface area (TPSA) is 32.3 Å². The minimum Gasteiger partial charge on any atom is -0.338 e. The summed E-state index contributed by atoms with van der Waals surface area (Å²) >= 11 is 5.87. The van der Waals surface area contributed by atoms with Crippen LogP contribution >= 0.6 is 11.6 Å². The van der Waals surface area contributed by atoms with E-state index in [9.17, 15) is 4.79 Å². The van der Waals surface area contributed by atoms with Gasteiger partial charge < -0.3 is 10.2 Å². The van der Waals surface area contributed by atoms with Crippen molar-refractivity contribution >= 4 is 17.5 Å². The zero-order valence-electron chi connectivity index (χ0n) is 11.5. The number of halogens is 1. The SMILES string of the molecule is CC(c1ccc(Cl)cc1)N(C)C(=O)CNCC1CC1. The van der Waals surface area contributed by atoms with Crippen LogP contribution in [0.1, 0.15) is 31.4 Å². The molecule has 1 aliphatic rings. The van der Waals surface area contributed by atoms with Gasteiger partial charge >= 0.3 is 0 Å². The summed E-state index contributed by atoms with van der Waals surface area (Å²) in [6.45, 7) is 3.42. The van der Waals surface area contributed by atoms with Crippen LogP contribution in [0.5, 0.6) is 0 Å². The van der Waals surface area contributed by atoms with Gasteiger partial charge in [0.15, 0.2) is 0 Å². The summed E-state index contributed by atoms with van der Waals surface area (Å²) in [5.74, 6) is 0.926. The second-order valence-corrected chi connectivity index (χ2v) is 5.74. The molecule has 1 aliphatic carbocycles. The smallest absolute Gasteiger partial charge is 0.236 e. The molecular weight excluding hydrogens is 260 g/mol. The monoisotopic (exact) mass is 280 g/mol. The lowest BCUT2D eigenvalue weighted by Crippen LogP contribution is -2.37. The van der Waals surface area contributed by atoms with Crippen LogP contribution in [-0.2, 0) is 4.79 Å². The number of carbonyl (C=O) groups is 1. The van der Waals surface area contributed by atoms with E-state index in [2.05, 4.69) is 5.32 Å². The number of carbonyl (C=O) groups excluding carboxylic acids is 1. The Morgan fingerprint density at radius 2 is 2.05 bits per heavy atom. The van der Waals surface area contributed by atoms with Crippen LogP contribution in [0.3, 0.4) is 0 Å². The summed E-state index contributed by atoms with van der Waals surface area (Å²) in [5, 5.41) is 3.95. The number of rotatable bonds is 6. The lowest BCUT2D eigenvalue weighted by molar-refractivity contribution is -0.130. The average molecular weight is 281 g/mol. The maximum atomic E-state index is 12.1. The molecule has 4 heteroatoms. The van der Waals surface area contributed by atoms with E-state index < -0.39 is 0 Å². The van der Waals surface area contributed by atoms with Crippen LogP contribution in [0.4, 0.5) is 0 Å². The Kier molecular flexibility index (Phi) is 4.83. The Morgan fingerprint density at radius 1 is 1.42 bits per heavy atom. The number of benzene rings is 1. The molecule has 1 unspecified atom stereocenters. The standard InChI is InChI=1S/C15H21ClN2O/c1-11(13-5-7-14(16)8-6-13)18(2)15(19)10-17-9-12-3-4-12/h5-8,11-12,17H,3-4,9-10H2,1-2H3. The minimum absolute atomic E-state index is 0.0625. The third-order valence-corrected chi connectivity index (χ3v) is 3.98. The Morgan fingerprint density at radius 3 is 2.63 bits per heavy atom. The van der Waals surface area contributed by atoms with E-state index in [4.69, 9.17) is 11.6 Å². The van der Waals surface area contributed by atoms with E-state index >= 15 is 0 Å². The number of hydrogen-bond acceptors (Lipinski definition) is 2. The Labute approximate surface area is 119 Å². The first-order chi connectivity index (χ1) is 9.08. The van der Waals surface area contributed by atoms with Gasteiger partial charge in [0, 0.05) is 12.1 Å². The molecule has 3 nitrogen and oxygen atoms in total. The molecular formula is C15H21ClN2O. The van der Waals surface area contributed by atoms with Crippen molar-refractivity contribution in [3.8, 4) is 0 Å². The van der Waals surface area contributed by atoms with Crippen molar-refractivity contribution in [2.75, 3.05) is 20.1 Å². The Hall–Kier alpha value is -1.06. The molecule has 0 saturated heterocycles. The molecule has 0 bridgehead atoms. The number of nitrogens with one attached hydrogen (secondary N) is 1. The predicted molar refractivity (Wildman–Crippen MR) is 78.2 cm³/mol. The minimum atomic E-state index is 0.0625. The summed E-state index contributed by atoms with van der Waals surface area (Å²) in [5.41, 5.74) is 1.10. The first-order valence-corrected chi connectivity index (χ1v) is 7.17. The van der Waals surface area contributed by atoms with Crippen LogP contribution in [0, 0.1) is 5.92 Å². The Bertz CT molecular complexity index is 428. The largest absolute Gasteiger partial charge is 0.338 e.